The second-order valence-corrected chi connectivity index (χ2v) is 4.63. The van der Waals surface area contributed by atoms with Crippen molar-refractivity contribution in [2.24, 2.45) is 0 Å². The van der Waals surface area contributed by atoms with E-state index >= 15 is 0 Å². The normalized spacial score (nSPS) is 28.8. The second kappa shape index (κ2) is 6.15. The first-order chi connectivity index (χ1) is 8.74. The number of hydrogen-bond acceptors (Lipinski definition) is 5. The minimum atomic E-state index is -0.469. The summed E-state index contributed by atoms with van der Waals surface area (Å²) in [6.07, 6.45) is 2.09. The first kappa shape index (κ1) is 13.3. The van der Waals surface area contributed by atoms with E-state index in [0.717, 1.165) is 19.4 Å². The second-order valence-electron chi connectivity index (χ2n) is 4.63. The Kier molecular flexibility index (Phi) is 4.54. The molecule has 2 atom stereocenters. The number of piperidine rings is 1. The van der Waals surface area contributed by atoms with Crippen LogP contribution in [0.1, 0.15) is 19.3 Å². The van der Waals surface area contributed by atoms with E-state index < -0.39 is 12.1 Å². The van der Waals surface area contributed by atoms with Gasteiger partial charge < -0.3 is 19.7 Å². The Morgan fingerprint density at radius 1 is 1.39 bits per heavy atom. The Morgan fingerprint density at radius 3 is 2.89 bits per heavy atom. The van der Waals surface area contributed by atoms with Gasteiger partial charge >= 0.3 is 5.97 Å². The zero-order valence-corrected chi connectivity index (χ0v) is 10.7. The predicted molar refractivity (Wildman–Crippen MR) is 64.0 cm³/mol. The first-order valence-corrected chi connectivity index (χ1v) is 6.44. The summed E-state index contributed by atoms with van der Waals surface area (Å²) in [5.41, 5.74) is 0. The fraction of sp³-hybridized carbons (Fsp3) is 0.833. The Hall–Kier alpha value is -1.14. The summed E-state index contributed by atoms with van der Waals surface area (Å²) in [4.78, 5) is 25.6. The number of amides is 1. The maximum Gasteiger partial charge on any atom is 0.328 e. The topological polar surface area (TPSA) is 67.9 Å². The number of esters is 1. The molecule has 0 aromatic heterocycles. The van der Waals surface area contributed by atoms with Crippen LogP contribution < -0.4 is 5.32 Å². The quantitative estimate of drug-likeness (QED) is 0.676. The third-order valence-corrected chi connectivity index (χ3v) is 3.46. The summed E-state index contributed by atoms with van der Waals surface area (Å²) in [5, 5.41) is 3.12. The summed E-state index contributed by atoms with van der Waals surface area (Å²) in [6, 6.07) is -0.443. The third-order valence-electron chi connectivity index (χ3n) is 3.46. The van der Waals surface area contributed by atoms with Crippen molar-refractivity contribution in [1.82, 2.24) is 10.2 Å². The van der Waals surface area contributed by atoms with E-state index in [1.165, 1.54) is 7.11 Å². The summed E-state index contributed by atoms with van der Waals surface area (Å²) in [5.74, 6) is -0.427. The molecule has 102 valence electrons. The molecule has 0 bridgehead atoms. The van der Waals surface area contributed by atoms with Crippen LogP contribution in [0.3, 0.4) is 0 Å². The highest BCUT2D eigenvalue weighted by molar-refractivity contribution is 5.87. The lowest BCUT2D eigenvalue weighted by atomic mass is 10.0. The van der Waals surface area contributed by atoms with Crippen LogP contribution in [0.5, 0.6) is 0 Å². The molecule has 2 aliphatic rings. The number of rotatable bonds is 2. The molecule has 2 unspecified atom stereocenters. The SMILES string of the molecule is COC(=O)C1CCCCN1C(=O)C1CNCCO1. The Balaban J connectivity index is 2.03. The third kappa shape index (κ3) is 2.81. The van der Waals surface area contributed by atoms with Gasteiger partial charge in [-0.25, -0.2) is 4.79 Å². The number of likely N-dealkylation sites (tertiary alicyclic amines) is 1. The van der Waals surface area contributed by atoms with Gasteiger partial charge in [0.25, 0.3) is 5.91 Å². The number of hydrogen-bond donors (Lipinski definition) is 1. The fourth-order valence-electron chi connectivity index (χ4n) is 2.49. The number of nitrogens with zero attached hydrogens (tertiary/aromatic N) is 1. The highest BCUT2D eigenvalue weighted by atomic mass is 16.5. The molecule has 1 amide bonds. The Labute approximate surface area is 107 Å². The Bertz CT molecular complexity index is 315. The molecule has 6 heteroatoms. The number of nitrogens with one attached hydrogen (secondary N) is 1. The van der Waals surface area contributed by atoms with Crippen LogP contribution in [-0.4, -0.2) is 62.3 Å². The van der Waals surface area contributed by atoms with Crippen molar-refractivity contribution in [1.29, 1.82) is 0 Å². The molecule has 6 nitrogen and oxygen atoms in total. The molecule has 0 aromatic carbocycles. The molecule has 2 saturated heterocycles. The van der Waals surface area contributed by atoms with Gasteiger partial charge in [-0.05, 0) is 19.3 Å². The summed E-state index contributed by atoms with van der Waals surface area (Å²) < 4.78 is 10.2. The zero-order valence-electron chi connectivity index (χ0n) is 10.7. The lowest BCUT2D eigenvalue weighted by Crippen LogP contribution is -2.55. The van der Waals surface area contributed by atoms with E-state index in [0.29, 0.717) is 26.1 Å². The number of carbonyl (C=O) groups excluding carboxylic acids is 2. The number of carbonyl (C=O) groups is 2. The molecule has 0 aromatic rings. The molecular weight excluding hydrogens is 236 g/mol. The number of morpholine rings is 1. The standard InChI is InChI=1S/C12H20N2O4/c1-17-12(16)9-4-2-3-6-14(9)11(15)10-8-13-5-7-18-10/h9-10,13H,2-8H2,1H3. The maximum atomic E-state index is 12.3. The molecular formula is C12H20N2O4. The minimum absolute atomic E-state index is 0.0997. The van der Waals surface area contributed by atoms with Gasteiger partial charge in [0.05, 0.1) is 13.7 Å². The number of methoxy groups -OCH3 is 1. The van der Waals surface area contributed by atoms with Crippen LogP contribution in [0, 0.1) is 0 Å². The van der Waals surface area contributed by atoms with Gasteiger partial charge in [0.1, 0.15) is 12.1 Å². The molecule has 0 spiro atoms. The van der Waals surface area contributed by atoms with E-state index in [-0.39, 0.29) is 11.9 Å². The maximum absolute atomic E-state index is 12.3. The molecule has 2 heterocycles. The van der Waals surface area contributed by atoms with Gasteiger partial charge in [0.15, 0.2) is 0 Å². The lowest BCUT2D eigenvalue weighted by Gasteiger charge is -2.36. The summed E-state index contributed by atoms with van der Waals surface area (Å²) in [7, 11) is 1.36. The van der Waals surface area contributed by atoms with Gasteiger partial charge in [0, 0.05) is 19.6 Å². The predicted octanol–water partition coefficient (Wildman–Crippen LogP) is -0.471. The largest absolute Gasteiger partial charge is 0.467 e. The van der Waals surface area contributed by atoms with Crippen LogP contribution >= 0.6 is 0 Å². The molecule has 0 aliphatic carbocycles. The first-order valence-electron chi connectivity index (χ1n) is 6.44. The van der Waals surface area contributed by atoms with Crippen LogP contribution in [0.15, 0.2) is 0 Å². The van der Waals surface area contributed by atoms with Crippen molar-refractivity contribution in [3.63, 3.8) is 0 Å². The highest BCUT2D eigenvalue weighted by Crippen LogP contribution is 2.20. The zero-order chi connectivity index (χ0) is 13.0. The molecule has 2 rings (SSSR count). The van der Waals surface area contributed by atoms with E-state index in [1.54, 1.807) is 4.90 Å². The van der Waals surface area contributed by atoms with Crippen molar-refractivity contribution in [2.45, 2.75) is 31.4 Å². The van der Waals surface area contributed by atoms with E-state index in [4.69, 9.17) is 9.47 Å². The van der Waals surface area contributed by atoms with E-state index in [2.05, 4.69) is 5.32 Å². The van der Waals surface area contributed by atoms with Crippen LogP contribution in [0.25, 0.3) is 0 Å². The molecule has 1 N–H and O–H groups in total. The van der Waals surface area contributed by atoms with Crippen molar-refractivity contribution < 1.29 is 19.1 Å². The molecule has 2 aliphatic heterocycles. The lowest BCUT2D eigenvalue weighted by molar-refractivity contribution is -0.160. The number of ether oxygens (including phenoxy) is 2. The van der Waals surface area contributed by atoms with Crippen molar-refractivity contribution in [3.8, 4) is 0 Å². The van der Waals surface area contributed by atoms with Crippen LogP contribution in [0.4, 0.5) is 0 Å². The molecule has 2 fully saturated rings. The van der Waals surface area contributed by atoms with Gasteiger partial charge in [0.2, 0.25) is 0 Å². The highest BCUT2D eigenvalue weighted by Gasteiger charge is 2.36. The summed E-state index contributed by atoms with van der Waals surface area (Å²) >= 11 is 0. The monoisotopic (exact) mass is 256 g/mol. The van der Waals surface area contributed by atoms with Crippen LogP contribution in [-0.2, 0) is 19.1 Å². The molecule has 18 heavy (non-hydrogen) atoms. The summed E-state index contributed by atoms with van der Waals surface area (Å²) in [6.45, 7) is 2.43. The van der Waals surface area contributed by atoms with E-state index in [1.807, 2.05) is 0 Å². The smallest absolute Gasteiger partial charge is 0.328 e. The fourth-order valence-corrected chi connectivity index (χ4v) is 2.49. The van der Waals surface area contributed by atoms with Gasteiger partial charge in [-0.2, -0.15) is 0 Å². The average Bonchev–Trinajstić information content (AvgIpc) is 2.46. The van der Waals surface area contributed by atoms with Crippen LogP contribution in [0.2, 0.25) is 0 Å². The molecule has 0 saturated carbocycles. The molecule has 0 radical (unpaired) electrons. The van der Waals surface area contributed by atoms with Gasteiger partial charge in [-0.1, -0.05) is 0 Å². The van der Waals surface area contributed by atoms with Crippen molar-refractivity contribution in [3.05, 3.63) is 0 Å². The van der Waals surface area contributed by atoms with E-state index in [9.17, 15) is 9.59 Å². The van der Waals surface area contributed by atoms with Gasteiger partial charge in [-0.3, -0.25) is 4.79 Å². The Morgan fingerprint density at radius 2 is 2.22 bits per heavy atom. The van der Waals surface area contributed by atoms with Crippen molar-refractivity contribution >= 4 is 11.9 Å². The van der Waals surface area contributed by atoms with Crippen molar-refractivity contribution in [2.75, 3.05) is 33.4 Å². The average molecular weight is 256 g/mol. The van der Waals surface area contributed by atoms with Gasteiger partial charge in [-0.15, -0.1) is 0 Å². The minimum Gasteiger partial charge on any atom is -0.467 e.